The van der Waals surface area contributed by atoms with Crippen LogP contribution in [0.1, 0.15) is 12.2 Å². The van der Waals surface area contributed by atoms with E-state index in [1.165, 1.54) is 29.6 Å². The SMILES string of the molecule is CN1CCC(O)(c2cc(-c3cccc(-c4ccnc(Nc5cnn(CC(F)F)c5)n4)n3)no2)C1=O. The van der Waals surface area contributed by atoms with Gasteiger partial charge in [0.25, 0.3) is 12.3 Å². The lowest BCUT2D eigenvalue weighted by molar-refractivity contribution is -0.144. The van der Waals surface area contributed by atoms with E-state index in [0.29, 0.717) is 35.0 Å². The van der Waals surface area contributed by atoms with E-state index in [1.807, 2.05) is 0 Å². The zero-order valence-electron chi connectivity index (χ0n) is 18.5. The van der Waals surface area contributed by atoms with Gasteiger partial charge in [-0.25, -0.2) is 23.7 Å². The minimum atomic E-state index is -2.51. The van der Waals surface area contributed by atoms with E-state index >= 15 is 0 Å². The smallest absolute Gasteiger partial charge is 0.262 e. The van der Waals surface area contributed by atoms with Crippen LogP contribution in [0.2, 0.25) is 0 Å². The summed E-state index contributed by atoms with van der Waals surface area (Å²) in [5.74, 6) is -0.140. The van der Waals surface area contributed by atoms with Gasteiger partial charge in [-0.15, -0.1) is 0 Å². The fourth-order valence-corrected chi connectivity index (χ4v) is 3.75. The summed E-state index contributed by atoms with van der Waals surface area (Å²) >= 11 is 0. The van der Waals surface area contributed by atoms with E-state index in [1.54, 1.807) is 31.3 Å². The third kappa shape index (κ3) is 4.45. The van der Waals surface area contributed by atoms with Crippen molar-refractivity contribution >= 4 is 17.5 Å². The van der Waals surface area contributed by atoms with Crippen molar-refractivity contribution in [3.63, 3.8) is 0 Å². The molecule has 1 saturated heterocycles. The molecule has 1 atom stereocenters. The van der Waals surface area contributed by atoms with E-state index in [-0.39, 0.29) is 18.1 Å². The normalized spacial score (nSPS) is 18.0. The van der Waals surface area contributed by atoms with Crippen LogP contribution in [0, 0.1) is 0 Å². The molecule has 1 aliphatic heterocycles. The monoisotopic (exact) mass is 482 g/mol. The summed E-state index contributed by atoms with van der Waals surface area (Å²) in [6.45, 7) is -0.0957. The molecule has 11 nitrogen and oxygen atoms in total. The van der Waals surface area contributed by atoms with Crippen molar-refractivity contribution in [1.29, 1.82) is 0 Å². The molecule has 0 radical (unpaired) electrons. The first-order chi connectivity index (χ1) is 16.8. The fourth-order valence-electron chi connectivity index (χ4n) is 3.75. The third-order valence-corrected chi connectivity index (χ3v) is 5.57. The van der Waals surface area contributed by atoms with Crippen molar-refractivity contribution in [1.82, 2.24) is 34.8 Å². The summed E-state index contributed by atoms with van der Waals surface area (Å²) in [6.07, 6.45) is 2.07. The number of alkyl halides is 2. The molecule has 13 heteroatoms. The van der Waals surface area contributed by atoms with Gasteiger partial charge in [-0.3, -0.25) is 9.48 Å². The number of carbonyl (C=O) groups excluding carboxylic acids is 1. The predicted octanol–water partition coefficient (Wildman–Crippen LogP) is 2.45. The fraction of sp³-hybridized carbons (Fsp3) is 0.273. The third-order valence-electron chi connectivity index (χ3n) is 5.57. The van der Waals surface area contributed by atoms with Gasteiger partial charge in [0.15, 0.2) is 5.76 Å². The molecular formula is C22H20F2N8O3. The van der Waals surface area contributed by atoms with Crippen molar-refractivity contribution in [2.45, 2.75) is 25.0 Å². The van der Waals surface area contributed by atoms with Crippen LogP contribution in [0.4, 0.5) is 20.4 Å². The maximum Gasteiger partial charge on any atom is 0.262 e. The molecule has 1 unspecified atom stereocenters. The number of halogens is 2. The second kappa shape index (κ2) is 8.83. The number of likely N-dealkylation sites (N-methyl/N-ethyl adjacent to an activating group) is 1. The van der Waals surface area contributed by atoms with Gasteiger partial charge in [-0.1, -0.05) is 11.2 Å². The molecule has 4 aromatic rings. The van der Waals surface area contributed by atoms with Gasteiger partial charge in [0, 0.05) is 38.5 Å². The van der Waals surface area contributed by atoms with E-state index in [2.05, 4.69) is 30.5 Å². The number of likely N-dealkylation sites (tertiary alicyclic amines) is 1. The molecule has 0 bridgehead atoms. The van der Waals surface area contributed by atoms with Crippen molar-refractivity contribution in [2.24, 2.45) is 0 Å². The van der Waals surface area contributed by atoms with E-state index in [4.69, 9.17) is 4.52 Å². The molecular weight excluding hydrogens is 462 g/mol. The topological polar surface area (TPSA) is 135 Å². The first-order valence-corrected chi connectivity index (χ1v) is 10.7. The van der Waals surface area contributed by atoms with Gasteiger partial charge in [-0.05, 0) is 18.2 Å². The maximum atomic E-state index is 12.5. The molecule has 0 aliphatic carbocycles. The number of carbonyl (C=O) groups is 1. The molecule has 0 spiro atoms. The van der Waals surface area contributed by atoms with Crippen LogP contribution in [0.3, 0.4) is 0 Å². The molecule has 180 valence electrons. The number of nitrogens with zero attached hydrogens (tertiary/aromatic N) is 7. The molecule has 1 fully saturated rings. The van der Waals surface area contributed by atoms with Gasteiger partial charge in [0.1, 0.15) is 12.2 Å². The van der Waals surface area contributed by atoms with Gasteiger partial charge >= 0.3 is 0 Å². The Bertz CT molecular complexity index is 1370. The van der Waals surface area contributed by atoms with Gasteiger partial charge in [0.05, 0.1) is 29.0 Å². The number of aromatic nitrogens is 6. The van der Waals surface area contributed by atoms with Gasteiger partial charge in [0.2, 0.25) is 11.5 Å². The summed E-state index contributed by atoms with van der Waals surface area (Å²) in [7, 11) is 1.61. The number of rotatable bonds is 7. The minimum absolute atomic E-state index is 0.0648. The summed E-state index contributed by atoms with van der Waals surface area (Å²) < 4.78 is 31.5. The van der Waals surface area contributed by atoms with Crippen molar-refractivity contribution in [3.05, 3.63) is 54.7 Å². The molecule has 5 rings (SSSR count). The lowest BCUT2D eigenvalue weighted by Gasteiger charge is -2.16. The molecule has 0 saturated carbocycles. The van der Waals surface area contributed by atoms with E-state index in [9.17, 15) is 18.7 Å². The van der Waals surface area contributed by atoms with E-state index in [0.717, 1.165) is 4.68 Å². The molecule has 1 amide bonds. The Kier molecular flexibility index (Phi) is 5.68. The highest BCUT2D eigenvalue weighted by Crippen LogP contribution is 2.34. The number of aliphatic hydroxyl groups is 1. The zero-order valence-corrected chi connectivity index (χ0v) is 18.5. The Hall–Kier alpha value is -4.26. The second-order valence-corrected chi connectivity index (χ2v) is 8.05. The predicted molar refractivity (Wildman–Crippen MR) is 118 cm³/mol. The highest BCUT2D eigenvalue weighted by atomic mass is 19.3. The Morgan fingerprint density at radius 2 is 1.97 bits per heavy atom. The van der Waals surface area contributed by atoms with Crippen LogP contribution in [0.25, 0.3) is 22.8 Å². The average molecular weight is 482 g/mol. The summed E-state index contributed by atoms with van der Waals surface area (Å²) in [6, 6.07) is 8.41. The summed E-state index contributed by atoms with van der Waals surface area (Å²) in [5.41, 5.74) is 0.552. The number of amides is 1. The number of anilines is 2. The van der Waals surface area contributed by atoms with Crippen LogP contribution in [-0.4, -0.2) is 65.8 Å². The highest BCUT2D eigenvalue weighted by Gasteiger charge is 2.48. The highest BCUT2D eigenvalue weighted by molar-refractivity contribution is 5.87. The number of hydrogen-bond acceptors (Lipinski definition) is 9. The standard InChI is InChI=1S/C22H20F2N8O3/c1-31-8-6-22(34,20(31)33)18-9-17(30-35-18)15-4-2-3-14(28-15)16-5-7-25-21(29-16)27-13-10-26-32(11-13)12-19(23)24/h2-5,7,9-11,19,34H,6,8,12H2,1H3,(H,25,27,29). The van der Waals surface area contributed by atoms with Gasteiger partial charge < -0.3 is 19.8 Å². The molecule has 0 aromatic carbocycles. The average Bonchev–Trinajstić information content (AvgIpc) is 3.57. The zero-order chi connectivity index (χ0) is 24.6. The maximum absolute atomic E-state index is 12.5. The first-order valence-electron chi connectivity index (χ1n) is 10.7. The molecule has 1 aliphatic rings. The van der Waals surface area contributed by atoms with Crippen molar-refractivity contribution in [3.8, 4) is 22.8 Å². The summed E-state index contributed by atoms with van der Waals surface area (Å²) in [4.78, 5) is 26.9. The van der Waals surface area contributed by atoms with Crippen molar-refractivity contribution in [2.75, 3.05) is 18.9 Å². The number of pyridine rings is 1. The van der Waals surface area contributed by atoms with Crippen LogP contribution >= 0.6 is 0 Å². The van der Waals surface area contributed by atoms with Crippen LogP contribution in [-0.2, 0) is 16.9 Å². The minimum Gasteiger partial charge on any atom is -0.373 e. The Balaban J connectivity index is 1.37. The van der Waals surface area contributed by atoms with Gasteiger partial charge in [-0.2, -0.15) is 5.10 Å². The van der Waals surface area contributed by atoms with Crippen LogP contribution < -0.4 is 5.32 Å². The number of hydrogen-bond donors (Lipinski definition) is 2. The second-order valence-electron chi connectivity index (χ2n) is 8.05. The lowest BCUT2D eigenvalue weighted by atomic mass is 9.98. The molecule has 2 N–H and O–H groups in total. The van der Waals surface area contributed by atoms with Crippen molar-refractivity contribution < 1.29 is 23.2 Å². The Morgan fingerprint density at radius 3 is 2.71 bits per heavy atom. The quantitative estimate of drug-likeness (QED) is 0.407. The Morgan fingerprint density at radius 1 is 1.20 bits per heavy atom. The first kappa shape index (κ1) is 22.5. The molecule has 5 heterocycles. The largest absolute Gasteiger partial charge is 0.373 e. The lowest BCUT2D eigenvalue weighted by Crippen LogP contribution is -2.35. The van der Waals surface area contributed by atoms with Crippen LogP contribution in [0.5, 0.6) is 0 Å². The van der Waals surface area contributed by atoms with E-state index < -0.39 is 24.5 Å². The Labute approximate surface area is 197 Å². The van der Waals surface area contributed by atoms with Crippen LogP contribution in [0.15, 0.2) is 53.4 Å². The number of nitrogens with one attached hydrogen (secondary N) is 1. The molecule has 35 heavy (non-hydrogen) atoms. The molecule has 4 aromatic heterocycles. The summed E-state index contributed by atoms with van der Waals surface area (Å²) in [5, 5.41) is 21.6.